The van der Waals surface area contributed by atoms with Crippen molar-refractivity contribution in [3.63, 3.8) is 0 Å². The summed E-state index contributed by atoms with van der Waals surface area (Å²) in [6.07, 6.45) is 8.85. The van der Waals surface area contributed by atoms with Gasteiger partial charge in [-0.1, -0.05) is 25.8 Å². The Bertz CT molecular complexity index is 780. The molecule has 1 aromatic rings. The van der Waals surface area contributed by atoms with Crippen LogP contribution in [0.15, 0.2) is 23.0 Å². The molecule has 2 aliphatic heterocycles. The van der Waals surface area contributed by atoms with E-state index in [0.29, 0.717) is 23.5 Å². The minimum absolute atomic E-state index is 0.0321. The number of nitrogens with zero attached hydrogens (tertiary/aromatic N) is 2. The average molecular weight is 433 g/mol. The van der Waals surface area contributed by atoms with Crippen molar-refractivity contribution in [1.29, 1.82) is 0 Å². The van der Waals surface area contributed by atoms with Crippen LogP contribution in [0.5, 0.6) is 0 Å². The molecule has 30 heavy (non-hydrogen) atoms. The van der Waals surface area contributed by atoms with Crippen molar-refractivity contribution in [2.24, 2.45) is 5.92 Å². The van der Waals surface area contributed by atoms with Crippen molar-refractivity contribution in [1.82, 2.24) is 9.47 Å². The summed E-state index contributed by atoms with van der Waals surface area (Å²) < 4.78 is 7.92. The molecule has 3 aliphatic rings. The predicted molar refractivity (Wildman–Crippen MR) is 122 cm³/mol. The quantitative estimate of drug-likeness (QED) is 0.458. The molecule has 0 N–H and O–H groups in total. The van der Waals surface area contributed by atoms with E-state index < -0.39 is 0 Å². The third-order valence-corrected chi connectivity index (χ3v) is 8.43. The van der Waals surface area contributed by atoms with Gasteiger partial charge in [0.05, 0.1) is 6.42 Å². The number of carbonyl (C=O) groups excluding carboxylic acids is 1. The second-order valence-electron chi connectivity index (χ2n) is 9.28. The van der Waals surface area contributed by atoms with Crippen LogP contribution < -0.4 is 5.56 Å². The lowest BCUT2D eigenvalue weighted by atomic mass is 9.83. The first-order valence-corrected chi connectivity index (χ1v) is 12.9. The molecule has 1 aromatic heterocycles. The van der Waals surface area contributed by atoms with Crippen LogP contribution in [-0.2, 0) is 16.1 Å². The van der Waals surface area contributed by atoms with E-state index in [1.807, 2.05) is 22.4 Å². The number of unbranched alkanes of at least 4 members (excludes halogenated alkanes) is 1. The second kappa shape index (κ2) is 10.4. The molecule has 5 nitrogen and oxygen atoms in total. The SMILES string of the molecule is CCCCS[C@@H]1CCCC[C@@H]1OC(=O)CCN1C[C@@H]2C[C@H](C1)c1cccc(=O)n1C2. The Kier molecular flexibility index (Phi) is 7.58. The third kappa shape index (κ3) is 5.31. The number of aromatic nitrogens is 1. The number of likely N-dealkylation sites (tertiary alicyclic amines) is 1. The summed E-state index contributed by atoms with van der Waals surface area (Å²) in [6, 6.07) is 5.64. The lowest BCUT2D eigenvalue weighted by Crippen LogP contribution is -2.47. The lowest BCUT2D eigenvalue weighted by Gasteiger charge is -2.42. The first-order chi connectivity index (χ1) is 14.6. The Balaban J connectivity index is 1.27. The van der Waals surface area contributed by atoms with E-state index in [-0.39, 0.29) is 17.6 Å². The standard InChI is InChI=1S/C24H36N2O3S/c1-2-3-13-30-22-9-5-4-8-21(22)29-24(28)11-12-25-15-18-14-19(17-25)20-7-6-10-23(27)26(20)16-18/h6-7,10,18-19,21-22H,2-5,8-9,11-17H2,1H3/t18-,19+,21-,22+/m0/s1. The first kappa shape index (κ1) is 21.9. The van der Waals surface area contributed by atoms with Crippen molar-refractivity contribution in [2.45, 2.75) is 82.1 Å². The summed E-state index contributed by atoms with van der Waals surface area (Å²) in [5, 5.41) is 0.485. The zero-order chi connectivity index (χ0) is 20.9. The third-order valence-electron chi connectivity index (χ3n) is 6.94. The van der Waals surface area contributed by atoms with Crippen LogP contribution in [0.1, 0.15) is 69.9 Å². The molecule has 1 saturated carbocycles. The first-order valence-electron chi connectivity index (χ1n) is 11.9. The van der Waals surface area contributed by atoms with Gasteiger partial charge in [0, 0.05) is 49.1 Å². The number of pyridine rings is 1. The smallest absolute Gasteiger partial charge is 0.307 e. The van der Waals surface area contributed by atoms with E-state index in [1.165, 1.54) is 43.6 Å². The molecule has 0 radical (unpaired) electrons. The van der Waals surface area contributed by atoms with E-state index in [9.17, 15) is 9.59 Å². The van der Waals surface area contributed by atoms with Gasteiger partial charge in [-0.3, -0.25) is 9.59 Å². The Morgan fingerprint density at radius 3 is 2.93 bits per heavy atom. The molecular weight excluding hydrogens is 396 g/mol. The Morgan fingerprint density at radius 1 is 1.20 bits per heavy atom. The van der Waals surface area contributed by atoms with E-state index >= 15 is 0 Å². The maximum Gasteiger partial charge on any atom is 0.307 e. The van der Waals surface area contributed by atoms with E-state index in [0.717, 1.165) is 39.0 Å². The number of esters is 1. The van der Waals surface area contributed by atoms with E-state index in [1.54, 1.807) is 6.07 Å². The maximum atomic E-state index is 12.6. The van der Waals surface area contributed by atoms with Crippen molar-refractivity contribution in [3.8, 4) is 0 Å². The largest absolute Gasteiger partial charge is 0.461 e. The molecule has 0 amide bonds. The summed E-state index contributed by atoms with van der Waals surface area (Å²) in [6.45, 7) is 5.72. The van der Waals surface area contributed by atoms with Gasteiger partial charge in [0.25, 0.3) is 5.56 Å². The summed E-state index contributed by atoms with van der Waals surface area (Å²) >= 11 is 2.01. The van der Waals surface area contributed by atoms with Crippen molar-refractivity contribution >= 4 is 17.7 Å². The zero-order valence-electron chi connectivity index (χ0n) is 18.3. The fourth-order valence-corrected chi connectivity index (χ4v) is 6.92. The van der Waals surface area contributed by atoms with Gasteiger partial charge in [-0.15, -0.1) is 0 Å². The summed E-state index contributed by atoms with van der Waals surface area (Å²) in [5.74, 6) is 2.05. The number of fused-ring (bicyclic) bond motifs is 4. The van der Waals surface area contributed by atoms with Gasteiger partial charge >= 0.3 is 5.97 Å². The molecule has 3 heterocycles. The summed E-state index contributed by atoms with van der Waals surface area (Å²) in [4.78, 5) is 27.2. The van der Waals surface area contributed by atoms with Crippen LogP contribution in [0.2, 0.25) is 0 Å². The highest BCUT2D eigenvalue weighted by Crippen LogP contribution is 2.35. The average Bonchev–Trinajstić information content (AvgIpc) is 2.74. The molecule has 0 spiro atoms. The number of thioether (sulfide) groups is 1. The molecular formula is C24H36N2O3S. The molecule has 1 aliphatic carbocycles. The molecule has 4 atom stereocenters. The number of hydrogen-bond acceptors (Lipinski definition) is 5. The molecule has 1 saturated heterocycles. The molecule has 0 unspecified atom stereocenters. The Hall–Kier alpha value is -1.27. The van der Waals surface area contributed by atoms with Crippen LogP contribution in [0.25, 0.3) is 0 Å². The van der Waals surface area contributed by atoms with E-state index in [4.69, 9.17) is 4.74 Å². The normalized spacial score (nSPS) is 28.7. The van der Waals surface area contributed by atoms with Gasteiger partial charge in [-0.05, 0) is 49.8 Å². The van der Waals surface area contributed by atoms with Gasteiger partial charge in [0.2, 0.25) is 0 Å². The Morgan fingerprint density at radius 2 is 2.07 bits per heavy atom. The highest BCUT2D eigenvalue weighted by atomic mass is 32.2. The zero-order valence-corrected chi connectivity index (χ0v) is 19.1. The van der Waals surface area contributed by atoms with Crippen molar-refractivity contribution in [3.05, 3.63) is 34.2 Å². The van der Waals surface area contributed by atoms with Crippen LogP contribution in [0.3, 0.4) is 0 Å². The number of rotatable bonds is 8. The topological polar surface area (TPSA) is 51.5 Å². The molecule has 0 aromatic carbocycles. The van der Waals surface area contributed by atoms with Crippen LogP contribution in [0, 0.1) is 5.92 Å². The predicted octanol–water partition coefficient (Wildman–Crippen LogP) is 4.05. The number of carbonyl (C=O) groups is 1. The molecule has 166 valence electrons. The van der Waals surface area contributed by atoms with Crippen LogP contribution in [0.4, 0.5) is 0 Å². The summed E-state index contributed by atoms with van der Waals surface area (Å²) in [5.41, 5.74) is 1.29. The van der Waals surface area contributed by atoms with Crippen LogP contribution in [-0.4, -0.2) is 52.2 Å². The number of ether oxygens (including phenoxy) is 1. The fourth-order valence-electron chi connectivity index (χ4n) is 5.42. The molecule has 2 fully saturated rings. The Labute approximate surface area is 184 Å². The van der Waals surface area contributed by atoms with Gasteiger partial charge < -0.3 is 14.2 Å². The van der Waals surface area contributed by atoms with Gasteiger partial charge in [0.1, 0.15) is 6.10 Å². The van der Waals surface area contributed by atoms with Crippen LogP contribution >= 0.6 is 11.8 Å². The van der Waals surface area contributed by atoms with E-state index in [2.05, 4.69) is 17.9 Å². The maximum absolute atomic E-state index is 12.6. The van der Waals surface area contributed by atoms with Crippen molar-refractivity contribution < 1.29 is 9.53 Å². The molecule has 4 rings (SSSR count). The lowest BCUT2D eigenvalue weighted by molar-refractivity contribution is -0.150. The minimum atomic E-state index is -0.0321. The highest BCUT2D eigenvalue weighted by molar-refractivity contribution is 7.99. The highest BCUT2D eigenvalue weighted by Gasteiger charge is 2.35. The monoisotopic (exact) mass is 432 g/mol. The van der Waals surface area contributed by atoms with Gasteiger partial charge in [-0.2, -0.15) is 11.8 Å². The number of hydrogen-bond donors (Lipinski definition) is 0. The minimum Gasteiger partial charge on any atom is -0.461 e. The van der Waals surface area contributed by atoms with Gasteiger partial charge in [-0.25, -0.2) is 0 Å². The number of piperidine rings is 1. The summed E-state index contributed by atoms with van der Waals surface area (Å²) in [7, 11) is 0. The molecule has 6 heteroatoms. The van der Waals surface area contributed by atoms with Gasteiger partial charge in [0.15, 0.2) is 0 Å². The second-order valence-corrected chi connectivity index (χ2v) is 10.6. The fraction of sp³-hybridized carbons (Fsp3) is 0.750. The van der Waals surface area contributed by atoms with Crippen molar-refractivity contribution in [2.75, 3.05) is 25.4 Å². The molecule has 2 bridgehead atoms.